The molecule has 0 unspecified atom stereocenters. The summed E-state index contributed by atoms with van der Waals surface area (Å²) in [6, 6.07) is -0.179. The van der Waals surface area contributed by atoms with Gasteiger partial charge in [-0.15, -0.1) is 0 Å². The average Bonchev–Trinajstić information content (AvgIpc) is 1.99. The molecule has 0 saturated carbocycles. The van der Waals surface area contributed by atoms with E-state index in [1.54, 1.807) is 0 Å². The van der Waals surface area contributed by atoms with Crippen molar-refractivity contribution in [2.24, 2.45) is 0 Å². The van der Waals surface area contributed by atoms with Crippen LogP contribution in [0.15, 0.2) is 12.1 Å². The first-order valence-electron chi connectivity index (χ1n) is 3.57. The van der Waals surface area contributed by atoms with Crippen LogP contribution in [0.3, 0.4) is 0 Å². The van der Waals surface area contributed by atoms with E-state index in [1.807, 2.05) is 0 Å². The Bertz CT molecular complexity index is 366. The normalized spacial score (nSPS) is 12.3. The molecule has 15 heavy (non-hydrogen) atoms. The lowest BCUT2D eigenvalue weighted by atomic mass is 10.1. The van der Waals surface area contributed by atoms with Crippen molar-refractivity contribution in [3.05, 3.63) is 34.9 Å². The quantitative estimate of drug-likeness (QED) is 0.643. The van der Waals surface area contributed by atoms with E-state index < -0.39 is 35.4 Å². The van der Waals surface area contributed by atoms with E-state index in [-0.39, 0.29) is 12.1 Å². The number of benzene rings is 1. The highest BCUT2D eigenvalue weighted by atomic mass is 19.4. The second-order valence-electron chi connectivity index (χ2n) is 2.65. The zero-order chi connectivity index (χ0) is 11.8. The van der Waals surface area contributed by atoms with E-state index in [0.717, 1.165) is 0 Å². The number of rotatable bonds is 1. The molecule has 0 aromatic heterocycles. The standard InChI is InChI=1S/C8H3F7/c9-3-1-4(8(13,14)15)6(7(11)12)5(10)2-3/h1-2,7H. The molecule has 0 saturated heterocycles. The predicted octanol–water partition coefficient (Wildman–Crippen LogP) is 3.92. The van der Waals surface area contributed by atoms with E-state index in [0.29, 0.717) is 0 Å². The van der Waals surface area contributed by atoms with Crippen LogP contribution < -0.4 is 0 Å². The van der Waals surface area contributed by atoms with Gasteiger partial charge in [-0.2, -0.15) is 13.2 Å². The third-order valence-electron chi connectivity index (χ3n) is 1.62. The first-order chi connectivity index (χ1) is 6.73. The molecule has 0 spiro atoms. The molecule has 1 aromatic rings. The van der Waals surface area contributed by atoms with Gasteiger partial charge in [-0.1, -0.05) is 0 Å². The van der Waals surface area contributed by atoms with Crippen molar-refractivity contribution in [3.63, 3.8) is 0 Å². The van der Waals surface area contributed by atoms with Crippen LogP contribution in [0, 0.1) is 11.6 Å². The summed E-state index contributed by atoms with van der Waals surface area (Å²) >= 11 is 0. The molecule has 0 aliphatic carbocycles. The van der Waals surface area contributed by atoms with Gasteiger partial charge in [0.2, 0.25) is 0 Å². The molecular formula is C8H3F7. The summed E-state index contributed by atoms with van der Waals surface area (Å²) in [7, 11) is 0. The highest BCUT2D eigenvalue weighted by Gasteiger charge is 2.38. The van der Waals surface area contributed by atoms with Gasteiger partial charge in [0.05, 0.1) is 11.1 Å². The molecule has 1 aromatic carbocycles. The van der Waals surface area contributed by atoms with Gasteiger partial charge in [-0.25, -0.2) is 17.6 Å². The number of hydrogen-bond acceptors (Lipinski definition) is 0. The van der Waals surface area contributed by atoms with Crippen LogP contribution in [-0.2, 0) is 6.18 Å². The van der Waals surface area contributed by atoms with Crippen LogP contribution in [-0.4, -0.2) is 0 Å². The summed E-state index contributed by atoms with van der Waals surface area (Å²) in [6.07, 6.45) is -8.86. The second kappa shape index (κ2) is 3.71. The number of alkyl halides is 5. The van der Waals surface area contributed by atoms with Crippen LogP contribution >= 0.6 is 0 Å². The van der Waals surface area contributed by atoms with Crippen LogP contribution in [0.1, 0.15) is 17.6 Å². The van der Waals surface area contributed by atoms with E-state index in [4.69, 9.17) is 0 Å². The molecule has 0 bridgehead atoms. The molecule has 0 heterocycles. The fourth-order valence-electron chi connectivity index (χ4n) is 1.04. The zero-order valence-electron chi connectivity index (χ0n) is 6.88. The summed E-state index contributed by atoms with van der Waals surface area (Å²) in [6.45, 7) is 0. The van der Waals surface area contributed by atoms with Gasteiger partial charge >= 0.3 is 6.18 Å². The lowest BCUT2D eigenvalue weighted by Gasteiger charge is -2.12. The van der Waals surface area contributed by atoms with Crippen molar-refractivity contribution < 1.29 is 30.7 Å². The summed E-state index contributed by atoms with van der Waals surface area (Å²) in [4.78, 5) is 0. The third-order valence-corrected chi connectivity index (χ3v) is 1.62. The largest absolute Gasteiger partial charge is 0.417 e. The van der Waals surface area contributed by atoms with Crippen LogP contribution in [0.4, 0.5) is 30.7 Å². The Hall–Kier alpha value is -1.27. The molecule has 84 valence electrons. The van der Waals surface area contributed by atoms with E-state index in [1.165, 1.54) is 0 Å². The maximum atomic E-state index is 12.7. The monoisotopic (exact) mass is 232 g/mol. The first kappa shape index (κ1) is 11.8. The minimum atomic E-state index is -5.21. The van der Waals surface area contributed by atoms with Gasteiger partial charge in [-0.3, -0.25) is 0 Å². The van der Waals surface area contributed by atoms with Crippen molar-refractivity contribution in [1.29, 1.82) is 0 Å². The maximum absolute atomic E-state index is 12.7. The fourth-order valence-corrected chi connectivity index (χ4v) is 1.04. The minimum absolute atomic E-state index is 0.0171. The van der Waals surface area contributed by atoms with Gasteiger partial charge in [-0.05, 0) is 6.07 Å². The highest BCUT2D eigenvalue weighted by molar-refractivity contribution is 5.32. The SMILES string of the molecule is Fc1cc(F)c(C(F)F)c(C(F)(F)F)c1. The lowest BCUT2D eigenvalue weighted by molar-refractivity contribution is -0.140. The molecule has 0 N–H and O–H groups in total. The van der Waals surface area contributed by atoms with E-state index in [9.17, 15) is 30.7 Å². The van der Waals surface area contributed by atoms with Crippen molar-refractivity contribution in [3.8, 4) is 0 Å². The van der Waals surface area contributed by atoms with Crippen LogP contribution in [0.2, 0.25) is 0 Å². The third kappa shape index (κ3) is 2.40. The molecule has 0 amide bonds. The highest BCUT2D eigenvalue weighted by Crippen LogP contribution is 2.38. The number of halogens is 7. The molecule has 0 nitrogen and oxygen atoms in total. The van der Waals surface area contributed by atoms with Gasteiger partial charge in [0.15, 0.2) is 0 Å². The molecule has 0 fully saturated rings. The summed E-state index contributed by atoms with van der Waals surface area (Å²) in [5.74, 6) is -3.46. The van der Waals surface area contributed by atoms with Crippen LogP contribution in [0.5, 0.6) is 0 Å². The molecule has 7 heteroatoms. The fraction of sp³-hybridized carbons (Fsp3) is 0.250. The summed E-state index contributed by atoms with van der Waals surface area (Å²) in [5.41, 5.74) is -3.82. The maximum Gasteiger partial charge on any atom is 0.417 e. The molecule has 0 atom stereocenters. The Morgan fingerprint density at radius 1 is 1.00 bits per heavy atom. The first-order valence-corrected chi connectivity index (χ1v) is 3.57. The second-order valence-corrected chi connectivity index (χ2v) is 2.65. The Morgan fingerprint density at radius 2 is 1.53 bits per heavy atom. The van der Waals surface area contributed by atoms with Crippen molar-refractivity contribution in [1.82, 2.24) is 0 Å². The van der Waals surface area contributed by atoms with Gasteiger partial charge in [0, 0.05) is 6.07 Å². The number of hydrogen-bond donors (Lipinski definition) is 0. The molecule has 0 radical (unpaired) electrons. The van der Waals surface area contributed by atoms with Gasteiger partial charge < -0.3 is 0 Å². The summed E-state index contributed by atoms with van der Waals surface area (Å²) < 4.78 is 85.6. The van der Waals surface area contributed by atoms with Crippen molar-refractivity contribution in [2.45, 2.75) is 12.6 Å². The minimum Gasteiger partial charge on any atom is -0.207 e. The Morgan fingerprint density at radius 3 is 1.93 bits per heavy atom. The molecular weight excluding hydrogens is 229 g/mol. The Balaban J connectivity index is 3.47. The Labute approximate surface area is 79.3 Å². The van der Waals surface area contributed by atoms with Crippen molar-refractivity contribution >= 4 is 0 Å². The van der Waals surface area contributed by atoms with E-state index in [2.05, 4.69) is 0 Å². The van der Waals surface area contributed by atoms with Crippen LogP contribution in [0.25, 0.3) is 0 Å². The van der Waals surface area contributed by atoms with Gasteiger partial charge in [0.25, 0.3) is 6.43 Å². The van der Waals surface area contributed by atoms with Crippen molar-refractivity contribution in [2.75, 3.05) is 0 Å². The zero-order valence-corrected chi connectivity index (χ0v) is 6.88. The van der Waals surface area contributed by atoms with Gasteiger partial charge in [0.1, 0.15) is 11.6 Å². The average molecular weight is 232 g/mol. The summed E-state index contributed by atoms with van der Waals surface area (Å²) in [5, 5.41) is 0. The van der Waals surface area contributed by atoms with E-state index >= 15 is 0 Å². The lowest BCUT2D eigenvalue weighted by Crippen LogP contribution is -2.12. The smallest absolute Gasteiger partial charge is 0.207 e. The topological polar surface area (TPSA) is 0 Å². The molecule has 0 aliphatic heterocycles. The molecule has 0 aliphatic rings. The molecule has 1 rings (SSSR count). The Kier molecular flexibility index (Phi) is 2.92. The predicted molar refractivity (Wildman–Crippen MR) is 36.3 cm³/mol.